The van der Waals surface area contributed by atoms with Gasteiger partial charge in [-0.05, 0) is 46.6 Å². The van der Waals surface area contributed by atoms with E-state index in [1.807, 2.05) is 18.2 Å². The molecule has 0 spiro atoms. The van der Waals surface area contributed by atoms with Crippen LogP contribution in [-0.2, 0) is 30.4 Å². The average molecular weight is 495 g/mol. The van der Waals surface area contributed by atoms with E-state index in [9.17, 15) is 13.0 Å². The highest BCUT2D eigenvalue weighted by Gasteiger charge is 2.48. The van der Waals surface area contributed by atoms with E-state index in [0.717, 1.165) is 17.5 Å². The molecule has 1 heterocycles. The molecule has 1 fully saturated rings. The monoisotopic (exact) mass is 494 g/mol. The quantitative estimate of drug-likeness (QED) is 0.367. The van der Waals surface area contributed by atoms with Gasteiger partial charge in [0, 0.05) is 11.0 Å². The van der Waals surface area contributed by atoms with Crippen molar-refractivity contribution in [2.75, 3.05) is 13.2 Å². The second-order valence-corrected chi connectivity index (χ2v) is 11.3. The third-order valence-electron chi connectivity index (χ3n) is 7.88. The van der Waals surface area contributed by atoms with Crippen molar-refractivity contribution < 1.29 is 22.4 Å². The van der Waals surface area contributed by atoms with E-state index in [1.165, 1.54) is 23.3 Å². The lowest BCUT2D eigenvalue weighted by molar-refractivity contribution is -0.0441. The Hall–Kier alpha value is -2.51. The highest BCUT2D eigenvalue weighted by molar-refractivity contribution is 7.85. The molecular weight excluding hydrogens is 460 g/mol. The number of hydrogen-bond donors (Lipinski definition) is 1. The van der Waals surface area contributed by atoms with Crippen molar-refractivity contribution in [3.8, 4) is 0 Å². The SMILES string of the molecule is CCC(c1ccc(S(=O)(=O)O)cc1)C(C)(c1ccc(C2OCCO2)cc1)C(C)(C)c1ccccc1. The minimum atomic E-state index is -4.25. The number of rotatable bonds is 8. The summed E-state index contributed by atoms with van der Waals surface area (Å²) in [5.41, 5.74) is 3.78. The van der Waals surface area contributed by atoms with Crippen LogP contribution in [0.2, 0.25) is 0 Å². The second-order valence-electron chi connectivity index (χ2n) is 9.89. The first-order chi connectivity index (χ1) is 16.6. The maximum absolute atomic E-state index is 11.6. The molecule has 2 atom stereocenters. The molecule has 1 N–H and O–H groups in total. The lowest BCUT2D eigenvalue weighted by Gasteiger charge is -2.50. The fraction of sp³-hybridized carbons (Fsp3) is 0.379. The predicted molar refractivity (Wildman–Crippen MR) is 137 cm³/mol. The molecule has 0 aromatic heterocycles. The van der Waals surface area contributed by atoms with Crippen LogP contribution < -0.4 is 0 Å². The summed E-state index contributed by atoms with van der Waals surface area (Å²) in [7, 11) is -4.25. The van der Waals surface area contributed by atoms with Gasteiger partial charge < -0.3 is 9.47 Å². The molecule has 2 unspecified atom stereocenters. The Labute approximate surface area is 208 Å². The third-order valence-corrected chi connectivity index (χ3v) is 8.75. The van der Waals surface area contributed by atoms with Crippen molar-refractivity contribution >= 4 is 10.1 Å². The van der Waals surface area contributed by atoms with Crippen LogP contribution in [0.3, 0.4) is 0 Å². The number of hydrogen-bond acceptors (Lipinski definition) is 4. The average Bonchev–Trinajstić information content (AvgIpc) is 3.40. The number of ether oxygens (including phenoxy) is 2. The van der Waals surface area contributed by atoms with Crippen molar-refractivity contribution in [2.45, 2.75) is 62.0 Å². The van der Waals surface area contributed by atoms with E-state index in [-0.39, 0.29) is 27.9 Å². The summed E-state index contributed by atoms with van der Waals surface area (Å²) < 4.78 is 44.1. The molecule has 6 heteroatoms. The zero-order valence-corrected chi connectivity index (χ0v) is 21.6. The summed E-state index contributed by atoms with van der Waals surface area (Å²) in [4.78, 5) is -0.0963. The van der Waals surface area contributed by atoms with Gasteiger partial charge in [-0.1, -0.05) is 94.4 Å². The molecule has 186 valence electrons. The van der Waals surface area contributed by atoms with Gasteiger partial charge in [-0.15, -0.1) is 0 Å². The van der Waals surface area contributed by atoms with Crippen LogP contribution in [0.4, 0.5) is 0 Å². The highest BCUT2D eigenvalue weighted by Crippen LogP contribution is 2.53. The van der Waals surface area contributed by atoms with E-state index in [0.29, 0.717) is 13.2 Å². The van der Waals surface area contributed by atoms with E-state index in [2.05, 4.69) is 76.2 Å². The van der Waals surface area contributed by atoms with Crippen LogP contribution >= 0.6 is 0 Å². The van der Waals surface area contributed by atoms with Crippen LogP contribution in [-0.4, -0.2) is 26.2 Å². The predicted octanol–water partition coefficient (Wildman–Crippen LogP) is 6.41. The van der Waals surface area contributed by atoms with Gasteiger partial charge >= 0.3 is 0 Å². The largest absolute Gasteiger partial charge is 0.346 e. The van der Waals surface area contributed by atoms with Crippen molar-refractivity contribution in [2.24, 2.45) is 0 Å². The van der Waals surface area contributed by atoms with Gasteiger partial charge in [0.1, 0.15) is 0 Å². The fourth-order valence-electron chi connectivity index (χ4n) is 5.54. The molecular formula is C29H34O5S. The topological polar surface area (TPSA) is 72.8 Å². The van der Waals surface area contributed by atoms with Crippen LogP contribution in [0, 0.1) is 0 Å². The molecule has 0 aliphatic carbocycles. The summed E-state index contributed by atoms with van der Waals surface area (Å²) in [6, 6.07) is 25.6. The van der Waals surface area contributed by atoms with Crippen molar-refractivity contribution in [3.63, 3.8) is 0 Å². The maximum atomic E-state index is 11.6. The third kappa shape index (κ3) is 4.81. The lowest BCUT2D eigenvalue weighted by Crippen LogP contribution is -2.47. The second kappa shape index (κ2) is 9.86. The molecule has 0 bridgehead atoms. The molecule has 0 amide bonds. The highest BCUT2D eigenvalue weighted by atomic mass is 32.2. The Bertz CT molecular complexity index is 1230. The van der Waals surface area contributed by atoms with Gasteiger partial charge in [0.2, 0.25) is 0 Å². The Morgan fingerprint density at radius 3 is 1.94 bits per heavy atom. The Kier molecular flexibility index (Phi) is 7.21. The zero-order chi connectivity index (χ0) is 25.3. The standard InChI is InChI=1S/C29H34O5S/c1-5-26(21-13-17-25(18-14-21)35(30,31)32)29(4,28(2,3)23-9-7-6-8-10-23)24-15-11-22(12-16-24)27-33-19-20-34-27/h6-18,26-27H,5,19-20H2,1-4H3,(H,30,31,32). The van der Waals surface area contributed by atoms with Crippen LogP contribution in [0.15, 0.2) is 83.8 Å². The molecule has 1 aliphatic rings. The first-order valence-corrected chi connectivity index (χ1v) is 13.5. The van der Waals surface area contributed by atoms with Crippen LogP contribution in [0.25, 0.3) is 0 Å². The minimum Gasteiger partial charge on any atom is -0.346 e. The minimum absolute atomic E-state index is 0.0676. The van der Waals surface area contributed by atoms with Crippen LogP contribution in [0.5, 0.6) is 0 Å². The molecule has 5 nitrogen and oxygen atoms in total. The number of benzene rings is 3. The Morgan fingerprint density at radius 1 is 0.857 bits per heavy atom. The summed E-state index contributed by atoms with van der Waals surface area (Å²) in [6.45, 7) is 10.2. The molecule has 4 rings (SSSR count). The van der Waals surface area contributed by atoms with Gasteiger partial charge in [0.15, 0.2) is 6.29 Å². The van der Waals surface area contributed by atoms with Gasteiger partial charge in [0.05, 0.1) is 18.1 Å². The van der Waals surface area contributed by atoms with Crippen molar-refractivity contribution in [3.05, 3.63) is 101 Å². The summed E-state index contributed by atoms with van der Waals surface area (Å²) in [5, 5.41) is 0. The van der Waals surface area contributed by atoms with Crippen LogP contribution in [0.1, 0.15) is 68.6 Å². The van der Waals surface area contributed by atoms with Crippen molar-refractivity contribution in [1.29, 1.82) is 0 Å². The van der Waals surface area contributed by atoms with Gasteiger partial charge in [-0.25, -0.2) is 0 Å². The van der Waals surface area contributed by atoms with E-state index in [4.69, 9.17) is 9.47 Å². The van der Waals surface area contributed by atoms with Crippen molar-refractivity contribution in [1.82, 2.24) is 0 Å². The first kappa shape index (κ1) is 25.6. The van der Waals surface area contributed by atoms with E-state index >= 15 is 0 Å². The molecule has 3 aromatic carbocycles. The Morgan fingerprint density at radius 2 is 1.43 bits per heavy atom. The molecule has 0 radical (unpaired) electrons. The molecule has 1 aliphatic heterocycles. The first-order valence-electron chi connectivity index (χ1n) is 12.1. The molecule has 0 saturated carbocycles. The fourth-order valence-corrected chi connectivity index (χ4v) is 6.02. The van der Waals surface area contributed by atoms with Gasteiger partial charge in [-0.3, -0.25) is 4.55 Å². The smallest absolute Gasteiger partial charge is 0.294 e. The molecule has 3 aromatic rings. The molecule has 1 saturated heterocycles. The lowest BCUT2D eigenvalue weighted by atomic mass is 9.52. The van der Waals surface area contributed by atoms with Gasteiger partial charge in [-0.2, -0.15) is 8.42 Å². The summed E-state index contributed by atoms with van der Waals surface area (Å²) in [6.07, 6.45) is 0.515. The van der Waals surface area contributed by atoms with Gasteiger partial charge in [0.25, 0.3) is 10.1 Å². The maximum Gasteiger partial charge on any atom is 0.294 e. The Balaban J connectivity index is 1.85. The van der Waals surface area contributed by atoms with E-state index < -0.39 is 10.1 Å². The summed E-state index contributed by atoms with van der Waals surface area (Å²) in [5.74, 6) is 0.0676. The summed E-state index contributed by atoms with van der Waals surface area (Å²) >= 11 is 0. The normalized spacial score (nSPS) is 17.7. The molecule has 35 heavy (non-hydrogen) atoms. The van der Waals surface area contributed by atoms with E-state index in [1.54, 1.807) is 0 Å². The zero-order valence-electron chi connectivity index (χ0n) is 20.8.